The number of hydrogen-bond acceptors (Lipinski definition) is 1. The molecule has 0 bridgehead atoms. The molecular formula is C14H14BrClN2O. The fraction of sp³-hybridized carbons (Fsp3) is 0.214. The van der Waals surface area contributed by atoms with E-state index in [0.29, 0.717) is 13.1 Å². The molecule has 0 saturated carbocycles. The number of rotatable bonds is 4. The summed E-state index contributed by atoms with van der Waals surface area (Å²) in [5.41, 5.74) is 1.05. The monoisotopic (exact) mass is 340 g/mol. The molecule has 0 aliphatic heterocycles. The van der Waals surface area contributed by atoms with E-state index in [0.717, 1.165) is 26.7 Å². The quantitative estimate of drug-likeness (QED) is 0.818. The van der Waals surface area contributed by atoms with Gasteiger partial charge >= 0.3 is 6.03 Å². The van der Waals surface area contributed by atoms with Crippen molar-refractivity contribution in [2.24, 2.45) is 0 Å². The number of benzene rings is 2. The summed E-state index contributed by atoms with van der Waals surface area (Å²) in [5, 5.41) is 9.11. The second-order valence-corrected chi connectivity index (χ2v) is 5.25. The van der Waals surface area contributed by atoms with Gasteiger partial charge in [-0.15, -0.1) is 0 Å². The molecule has 0 aromatic heterocycles. The van der Waals surface area contributed by atoms with Crippen molar-refractivity contribution in [2.75, 3.05) is 11.9 Å². The minimum absolute atomic E-state index is 0.168. The molecule has 5 heteroatoms. The maximum absolute atomic E-state index is 11.5. The van der Waals surface area contributed by atoms with E-state index >= 15 is 0 Å². The lowest BCUT2D eigenvalue weighted by molar-refractivity contribution is 0.241. The highest BCUT2D eigenvalue weighted by Crippen LogP contribution is 2.26. The van der Waals surface area contributed by atoms with E-state index in [1.54, 1.807) is 0 Å². The summed E-state index contributed by atoms with van der Waals surface area (Å²) in [5.74, 6) is 0. The molecule has 2 amide bonds. The first-order chi connectivity index (χ1) is 9.22. The maximum atomic E-state index is 11.5. The smallest absolute Gasteiger partial charge is 0.315 e. The summed E-state index contributed by atoms with van der Waals surface area (Å²) >= 11 is 9.41. The summed E-state index contributed by atoms with van der Waals surface area (Å²) in [6, 6.07) is 11.5. The van der Waals surface area contributed by atoms with Gasteiger partial charge in [-0.25, -0.2) is 4.79 Å². The van der Waals surface area contributed by atoms with Gasteiger partial charge in [0.15, 0.2) is 0 Å². The Morgan fingerprint density at radius 2 is 1.84 bits per heavy atom. The van der Waals surface area contributed by atoms with Crippen molar-refractivity contribution >= 4 is 44.3 Å². The standard InChI is InChI=1S/C14H14BrClN2O/c15-7-8-17-14(19)18-9-10-5-6-13(16)12-4-2-1-3-11(10)12/h1-6H,7-9H2,(H2,17,18,19). The molecule has 0 aliphatic carbocycles. The first-order valence-corrected chi connectivity index (χ1v) is 7.46. The van der Waals surface area contributed by atoms with Crippen LogP contribution >= 0.6 is 27.5 Å². The number of halogens is 2. The first kappa shape index (κ1) is 14.2. The molecule has 100 valence electrons. The van der Waals surface area contributed by atoms with Gasteiger partial charge in [-0.05, 0) is 17.0 Å². The molecule has 0 spiro atoms. The lowest BCUT2D eigenvalue weighted by Gasteiger charge is -2.10. The van der Waals surface area contributed by atoms with E-state index < -0.39 is 0 Å². The molecule has 2 rings (SSSR count). The number of fused-ring (bicyclic) bond motifs is 1. The van der Waals surface area contributed by atoms with E-state index in [1.807, 2.05) is 36.4 Å². The van der Waals surface area contributed by atoms with Gasteiger partial charge in [0, 0.05) is 28.8 Å². The average Bonchev–Trinajstić information content (AvgIpc) is 2.45. The molecule has 0 fully saturated rings. The third-order valence-electron chi connectivity index (χ3n) is 2.78. The SMILES string of the molecule is O=C(NCCBr)NCc1ccc(Cl)c2ccccc12. The Morgan fingerprint density at radius 3 is 2.58 bits per heavy atom. The zero-order valence-electron chi connectivity index (χ0n) is 10.2. The van der Waals surface area contributed by atoms with Gasteiger partial charge in [0.1, 0.15) is 0 Å². The van der Waals surface area contributed by atoms with Gasteiger partial charge in [0.2, 0.25) is 0 Å². The highest BCUT2D eigenvalue weighted by molar-refractivity contribution is 9.09. The molecule has 2 N–H and O–H groups in total. The molecule has 2 aromatic carbocycles. The summed E-state index contributed by atoms with van der Waals surface area (Å²) < 4.78 is 0. The van der Waals surface area contributed by atoms with Crippen molar-refractivity contribution in [1.82, 2.24) is 10.6 Å². The fourth-order valence-corrected chi connectivity index (χ4v) is 2.30. The molecule has 0 unspecified atom stereocenters. The van der Waals surface area contributed by atoms with Gasteiger partial charge in [-0.1, -0.05) is 57.9 Å². The third kappa shape index (κ3) is 3.61. The predicted molar refractivity (Wildman–Crippen MR) is 83.0 cm³/mol. The van der Waals surface area contributed by atoms with Crippen molar-refractivity contribution < 1.29 is 4.79 Å². The molecular weight excluding hydrogens is 328 g/mol. The molecule has 0 atom stereocenters. The van der Waals surface area contributed by atoms with Crippen molar-refractivity contribution in [3.8, 4) is 0 Å². The van der Waals surface area contributed by atoms with Crippen LogP contribution in [0.1, 0.15) is 5.56 Å². The predicted octanol–water partition coefficient (Wildman–Crippen LogP) is 3.69. The van der Waals surface area contributed by atoms with Crippen molar-refractivity contribution in [3.63, 3.8) is 0 Å². The minimum atomic E-state index is -0.168. The van der Waals surface area contributed by atoms with Gasteiger partial charge in [0.05, 0.1) is 0 Å². The molecule has 2 aromatic rings. The minimum Gasteiger partial charge on any atom is -0.337 e. The normalized spacial score (nSPS) is 10.4. The lowest BCUT2D eigenvalue weighted by atomic mass is 10.0. The Bertz CT molecular complexity index is 589. The highest BCUT2D eigenvalue weighted by Gasteiger charge is 2.05. The number of nitrogens with one attached hydrogen (secondary N) is 2. The largest absolute Gasteiger partial charge is 0.337 e. The number of hydrogen-bond donors (Lipinski definition) is 2. The topological polar surface area (TPSA) is 41.1 Å². The lowest BCUT2D eigenvalue weighted by Crippen LogP contribution is -2.36. The maximum Gasteiger partial charge on any atom is 0.315 e. The van der Waals surface area contributed by atoms with E-state index in [2.05, 4.69) is 26.6 Å². The Kier molecular flexibility index (Phi) is 5.05. The number of amides is 2. The Labute approximate surface area is 125 Å². The van der Waals surface area contributed by atoms with Crippen LogP contribution in [0.15, 0.2) is 36.4 Å². The van der Waals surface area contributed by atoms with E-state index in [1.165, 1.54) is 0 Å². The Morgan fingerprint density at radius 1 is 1.11 bits per heavy atom. The van der Waals surface area contributed by atoms with Crippen molar-refractivity contribution in [2.45, 2.75) is 6.54 Å². The van der Waals surface area contributed by atoms with Crippen LogP contribution in [-0.4, -0.2) is 17.9 Å². The highest BCUT2D eigenvalue weighted by atomic mass is 79.9. The van der Waals surface area contributed by atoms with Gasteiger partial charge < -0.3 is 10.6 Å². The number of carbonyl (C=O) groups excluding carboxylic acids is 1. The second-order valence-electron chi connectivity index (χ2n) is 4.05. The van der Waals surface area contributed by atoms with Crippen LogP contribution in [0, 0.1) is 0 Å². The second kappa shape index (κ2) is 6.78. The molecule has 3 nitrogen and oxygen atoms in total. The molecule has 0 heterocycles. The van der Waals surface area contributed by atoms with E-state index in [-0.39, 0.29) is 6.03 Å². The molecule has 0 saturated heterocycles. The Hall–Kier alpha value is -1.26. The molecule has 0 aliphatic rings. The van der Waals surface area contributed by atoms with Gasteiger partial charge in [-0.2, -0.15) is 0 Å². The zero-order valence-corrected chi connectivity index (χ0v) is 12.6. The van der Waals surface area contributed by atoms with Crippen LogP contribution in [-0.2, 0) is 6.54 Å². The number of alkyl halides is 1. The number of urea groups is 1. The molecule has 0 radical (unpaired) electrons. The fourth-order valence-electron chi connectivity index (χ4n) is 1.88. The summed E-state index contributed by atoms with van der Waals surface area (Å²) in [7, 11) is 0. The summed E-state index contributed by atoms with van der Waals surface area (Å²) in [6.45, 7) is 1.08. The third-order valence-corrected chi connectivity index (χ3v) is 3.51. The van der Waals surface area contributed by atoms with E-state index in [9.17, 15) is 4.79 Å². The number of carbonyl (C=O) groups is 1. The van der Waals surface area contributed by atoms with Crippen LogP contribution in [0.3, 0.4) is 0 Å². The van der Waals surface area contributed by atoms with Crippen molar-refractivity contribution in [1.29, 1.82) is 0 Å². The van der Waals surface area contributed by atoms with Crippen LogP contribution in [0.5, 0.6) is 0 Å². The average molecular weight is 342 g/mol. The van der Waals surface area contributed by atoms with Gasteiger partial charge in [0.25, 0.3) is 0 Å². The van der Waals surface area contributed by atoms with Gasteiger partial charge in [-0.3, -0.25) is 0 Å². The van der Waals surface area contributed by atoms with Crippen LogP contribution in [0.25, 0.3) is 10.8 Å². The Balaban J connectivity index is 2.13. The summed E-state index contributed by atoms with van der Waals surface area (Å²) in [6.07, 6.45) is 0. The summed E-state index contributed by atoms with van der Waals surface area (Å²) in [4.78, 5) is 11.5. The van der Waals surface area contributed by atoms with Crippen molar-refractivity contribution in [3.05, 3.63) is 47.0 Å². The first-order valence-electron chi connectivity index (χ1n) is 5.96. The van der Waals surface area contributed by atoms with Crippen LogP contribution < -0.4 is 10.6 Å². The zero-order chi connectivity index (χ0) is 13.7. The van der Waals surface area contributed by atoms with E-state index in [4.69, 9.17) is 11.6 Å². The van der Waals surface area contributed by atoms with Crippen LogP contribution in [0.4, 0.5) is 4.79 Å². The van der Waals surface area contributed by atoms with Crippen LogP contribution in [0.2, 0.25) is 5.02 Å². The molecule has 19 heavy (non-hydrogen) atoms.